The summed E-state index contributed by atoms with van der Waals surface area (Å²) in [4.78, 5) is 35.5. The van der Waals surface area contributed by atoms with Crippen LogP contribution in [0.25, 0.3) is 0 Å². The van der Waals surface area contributed by atoms with Gasteiger partial charge in [0, 0.05) is 19.4 Å². The van der Waals surface area contributed by atoms with Crippen molar-refractivity contribution in [3.63, 3.8) is 0 Å². The lowest BCUT2D eigenvalue weighted by atomic mass is 10.0. The molecule has 9 nitrogen and oxygen atoms in total. The lowest BCUT2D eigenvalue weighted by Crippen LogP contribution is -2.29. The van der Waals surface area contributed by atoms with Gasteiger partial charge in [0.15, 0.2) is 6.10 Å². The van der Waals surface area contributed by atoms with Crippen molar-refractivity contribution in [2.75, 3.05) is 26.4 Å². The smallest absolute Gasteiger partial charge is 0.462 e. The van der Waals surface area contributed by atoms with Crippen molar-refractivity contribution in [3.8, 4) is 0 Å². The average Bonchev–Trinajstić information content (AvgIpc) is 2.69. The molecule has 0 radical (unpaired) electrons. The Bertz CT molecular complexity index is 1970. The summed E-state index contributed by atoms with van der Waals surface area (Å²) < 4.78 is 33.3. The summed E-state index contributed by atoms with van der Waals surface area (Å²) in [5, 5.41) is 0. The molecule has 0 rings (SSSR count). The predicted molar refractivity (Wildman–Crippen MR) is 422 cm³/mol. The Morgan fingerprint density at radius 1 is 0.309 bits per heavy atom. The van der Waals surface area contributed by atoms with Gasteiger partial charge < -0.3 is 20.1 Å². The lowest BCUT2D eigenvalue weighted by molar-refractivity contribution is -0.161. The molecule has 0 fully saturated rings. The van der Waals surface area contributed by atoms with Crippen LogP contribution in [-0.2, 0) is 32.7 Å². The van der Waals surface area contributed by atoms with Crippen LogP contribution < -0.4 is 5.73 Å². The first-order chi connectivity index (χ1) is 47.8. The van der Waals surface area contributed by atoms with Crippen LogP contribution in [0.3, 0.4) is 0 Å². The van der Waals surface area contributed by atoms with Gasteiger partial charge in [0.1, 0.15) is 6.61 Å². The van der Waals surface area contributed by atoms with Gasteiger partial charge in [-0.1, -0.05) is 399 Å². The number of carbonyl (C=O) groups excluding carboxylic acids is 2. The number of esters is 2. The minimum Gasteiger partial charge on any atom is -0.462 e. The van der Waals surface area contributed by atoms with Gasteiger partial charge in [-0.2, -0.15) is 0 Å². The van der Waals surface area contributed by atoms with Gasteiger partial charge in [-0.05, 0) is 96.3 Å². The minimum atomic E-state index is -4.40. The minimum absolute atomic E-state index is 0.0534. The monoisotopic (exact) mass is 1370 g/mol. The van der Waals surface area contributed by atoms with E-state index in [1.165, 1.54) is 276 Å². The van der Waals surface area contributed by atoms with E-state index >= 15 is 0 Å². The fraction of sp³-hybridized carbons (Fsp3) is 0.770. The standard InChI is InChI=1S/C87H156NO8P/c1-3-5-7-9-11-13-15-17-19-21-23-25-27-29-31-33-35-37-39-40-41-42-43-44-46-47-49-51-53-55-57-59-61-63-65-67-69-71-73-75-77-79-86(89)93-83-85(84-95-97(91,92)94-82-81-88)96-87(90)80-78-76-74-72-70-68-66-64-62-60-58-56-54-52-50-48-45-38-36-34-32-30-28-26-24-22-20-18-16-14-12-10-8-6-4-2/h5-8,11-14,17-20,23-26,30,32,85H,3-4,9-10,15-16,21-22,27-29,31,33-84,88H2,1-2H3,(H,91,92)/b7-5-,8-6-,13-11-,14-12-,19-17-,20-18-,25-23-,26-24-,32-30-. The summed E-state index contributed by atoms with van der Waals surface area (Å²) in [7, 11) is -4.40. The van der Waals surface area contributed by atoms with Crippen LogP contribution in [0, 0.1) is 0 Å². The summed E-state index contributed by atoms with van der Waals surface area (Å²) >= 11 is 0. The number of ether oxygens (including phenoxy) is 2. The highest BCUT2D eigenvalue weighted by atomic mass is 31.2. The van der Waals surface area contributed by atoms with E-state index in [2.05, 4.69) is 123 Å². The van der Waals surface area contributed by atoms with E-state index in [0.717, 1.165) is 89.9 Å². The summed E-state index contributed by atoms with van der Waals surface area (Å²) in [6.45, 7) is 3.58. The Kier molecular flexibility index (Phi) is 78.8. The van der Waals surface area contributed by atoms with Crippen LogP contribution in [0.15, 0.2) is 109 Å². The third-order valence-corrected chi connectivity index (χ3v) is 19.1. The number of nitrogens with two attached hydrogens (primary N) is 1. The van der Waals surface area contributed by atoms with E-state index in [1.54, 1.807) is 0 Å². The maximum atomic E-state index is 12.8. The first kappa shape index (κ1) is 93.7. The fourth-order valence-electron chi connectivity index (χ4n) is 12.1. The number of phosphoric acid groups is 1. The second kappa shape index (κ2) is 81.6. The molecule has 0 heterocycles. The van der Waals surface area contributed by atoms with Crippen molar-refractivity contribution in [3.05, 3.63) is 109 Å². The predicted octanol–water partition coefficient (Wildman–Crippen LogP) is 28.0. The quantitative estimate of drug-likeness (QED) is 0.0264. The molecule has 97 heavy (non-hydrogen) atoms. The van der Waals surface area contributed by atoms with E-state index in [1.807, 2.05) is 0 Å². The summed E-state index contributed by atoms with van der Waals surface area (Å²) in [6.07, 6.45) is 114. The Balaban J connectivity index is 3.75. The Morgan fingerprint density at radius 2 is 0.536 bits per heavy atom. The summed E-state index contributed by atoms with van der Waals surface area (Å²) in [5.41, 5.74) is 5.42. The molecule has 562 valence electrons. The third-order valence-electron chi connectivity index (χ3n) is 18.2. The first-order valence-electron chi connectivity index (χ1n) is 41.4. The summed E-state index contributed by atoms with van der Waals surface area (Å²) in [5.74, 6) is -0.808. The zero-order valence-corrected chi connectivity index (χ0v) is 64.4. The van der Waals surface area contributed by atoms with Gasteiger partial charge in [0.25, 0.3) is 0 Å². The van der Waals surface area contributed by atoms with Crippen molar-refractivity contribution in [1.29, 1.82) is 0 Å². The largest absolute Gasteiger partial charge is 0.472 e. The molecule has 0 saturated carbocycles. The van der Waals surface area contributed by atoms with E-state index in [4.69, 9.17) is 24.3 Å². The number of hydrogen-bond donors (Lipinski definition) is 2. The Labute approximate surface area is 600 Å². The molecule has 0 aromatic heterocycles. The number of rotatable bonds is 78. The van der Waals surface area contributed by atoms with E-state index in [-0.39, 0.29) is 38.6 Å². The van der Waals surface area contributed by atoms with Gasteiger partial charge in [-0.25, -0.2) is 4.57 Å². The molecule has 0 amide bonds. The van der Waals surface area contributed by atoms with Gasteiger partial charge in [0.2, 0.25) is 0 Å². The topological polar surface area (TPSA) is 134 Å². The third kappa shape index (κ3) is 81.5. The number of unbranched alkanes of at least 4 members (excludes halogenated alkanes) is 47. The molecule has 3 N–H and O–H groups in total. The molecule has 0 aromatic rings. The van der Waals surface area contributed by atoms with E-state index in [9.17, 15) is 19.0 Å². The molecule has 0 aliphatic rings. The van der Waals surface area contributed by atoms with Gasteiger partial charge in [-0.15, -0.1) is 0 Å². The van der Waals surface area contributed by atoms with Crippen LogP contribution in [0.5, 0.6) is 0 Å². The number of hydrogen-bond acceptors (Lipinski definition) is 8. The highest BCUT2D eigenvalue weighted by Crippen LogP contribution is 2.43. The molecule has 10 heteroatoms. The highest BCUT2D eigenvalue weighted by molar-refractivity contribution is 7.47. The van der Waals surface area contributed by atoms with E-state index < -0.39 is 26.5 Å². The molecule has 0 bridgehead atoms. The number of carbonyl (C=O) groups is 2. The molecule has 0 aliphatic carbocycles. The fourth-order valence-corrected chi connectivity index (χ4v) is 12.9. The Morgan fingerprint density at radius 3 is 0.794 bits per heavy atom. The van der Waals surface area contributed by atoms with Crippen LogP contribution in [0.4, 0.5) is 0 Å². The molecule has 0 aromatic carbocycles. The molecule has 2 atom stereocenters. The van der Waals surface area contributed by atoms with Crippen molar-refractivity contribution < 1.29 is 37.6 Å². The molecule has 2 unspecified atom stereocenters. The molecular weight excluding hydrogens is 1220 g/mol. The normalized spacial score (nSPS) is 13.4. The van der Waals surface area contributed by atoms with Crippen LogP contribution in [0.1, 0.15) is 399 Å². The van der Waals surface area contributed by atoms with Gasteiger partial charge in [-0.3, -0.25) is 18.6 Å². The zero-order valence-electron chi connectivity index (χ0n) is 63.6. The number of allylic oxidation sites excluding steroid dienone is 18. The highest BCUT2D eigenvalue weighted by Gasteiger charge is 2.26. The summed E-state index contributed by atoms with van der Waals surface area (Å²) in [6, 6.07) is 0. The van der Waals surface area contributed by atoms with Crippen LogP contribution in [-0.4, -0.2) is 49.3 Å². The van der Waals surface area contributed by atoms with Gasteiger partial charge >= 0.3 is 19.8 Å². The zero-order chi connectivity index (χ0) is 70.0. The molecule has 0 saturated heterocycles. The van der Waals surface area contributed by atoms with Crippen molar-refractivity contribution >= 4 is 19.8 Å². The average molecular weight is 1380 g/mol. The SMILES string of the molecule is CC/C=C\C/C=C\C/C=C\C/C=C\C/C=C\CCCCCCCCCCCCCCCCCCCCCC(=O)OC(COC(=O)CCCCCCCCCCCCCCCCCCCCCCCCCCCCCC/C=C\C/C=C\C/C=C\C/C=C\CC)COP(=O)(O)OCCN. The number of phosphoric ester groups is 1. The second-order valence-electron chi connectivity index (χ2n) is 27.6. The lowest BCUT2D eigenvalue weighted by Gasteiger charge is -2.19. The van der Waals surface area contributed by atoms with Crippen molar-refractivity contribution in [2.45, 2.75) is 405 Å². The molecule has 0 spiro atoms. The van der Waals surface area contributed by atoms with Crippen LogP contribution in [0.2, 0.25) is 0 Å². The first-order valence-corrected chi connectivity index (χ1v) is 42.9. The van der Waals surface area contributed by atoms with E-state index in [0.29, 0.717) is 6.42 Å². The second-order valence-corrected chi connectivity index (χ2v) is 29.0. The molecular formula is C87H156NO8P. The van der Waals surface area contributed by atoms with Crippen molar-refractivity contribution in [2.24, 2.45) is 5.73 Å². The maximum Gasteiger partial charge on any atom is 0.472 e. The Hall–Kier alpha value is -3.33. The van der Waals surface area contributed by atoms with Gasteiger partial charge in [0.05, 0.1) is 13.2 Å². The molecule has 0 aliphatic heterocycles. The maximum absolute atomic E-state index is 12.8. The van der Waals surface area contributed by atoms with Crippen molar-refractivity contribution in [1.82, 2.24) is 0 Å². The van der Waals surface area contributed by atoms with Crippen LogP contribution >= 0.6 is 7.82 Å².